The first-order valence-electron chi connectivity index (χ1n) is 9.96. The van der Waals surface area contributed by atoms with E-state index in [1.807, 2.05) is 0 Å². The van der Waals surface area contributed by atoms with Crippen LogP contribution in [0, 0.1) is 0 Å². The number of benzene rings is 3. The second kappa shape index (κ2) is 12.0. The number of nitrogens with two attached hydrogens (primary N) is 1. The standard InChI is InChI=1S/C24H20Br3N3O4/c25-14-8-10-16(11-9-14)29-24(33)34-21(17-12-15(26)13-18(27)23(17)32)6-3-7-22(31)30-20-5-2-1-4-19(20)28/h1-5,7-13,21,32H,6,28H2,(H,29,33)(H,30,31)/b7-3+/t21-/m1/s1. The van der Waals surface area contributed by atoms with E-state index in [1.165, 1.54) is 6.08 Å². The Morgan fingerprint density at radius 1 is 1.00 bits per heavy atom. The highest BCUT2D eigenvalue weighted by atomic mass is 79.9. The molecule has 1 atom stereocenters. The van der Waals surface area contributed by atoms with Gasteiger partial charge in [0.2, 0.25) is 5.91 Å². The molecule has 0 aliphatic heterocycles. The summed E-state index contributed by atoms with van der Waals surface area (Å²) < 4.78 is 7.59. The van der Waals surface area contributed by atoms with Crippen molar-refractivity contribution >= 4 is 76.9 Å². The first kappa shape index (κ1) is 25.8. The molecule has 0 aromatic heterocycles. The number of hydrogen-bond donors (Lipinski definition) is 4. The maximum absolute atomic E-state index is 12.6. The zero-order valence-electron chi connectivity index (χ0n) is 17.6. The van der Waals surface area contributed by atoms with Gasteiger partial charge in [-0.3, -0.25) is 10.1 Å². The molecule has 7 nitrogen and oxygen atoms in total. The molecule has 10 heteroatoms. The number of para-hydroxylation sites is 2. The Balaban J connectivity index is 1.75. The van der Waals surface area contributed by atoms with Crippen LogP contribution in [0.4, 0.5) is 21.9 Å². The number of hydrogen-bond acceptors (Lipinski definition) is 5. The highest BCUT2D eigenvalue weighted by Gasteiger charge is 2.22. The van der Waals surface area contributed by atoms with Crippen LogP contribution in [0.15, 0.2) is 86.2 Å². The van der Waals surface area contributed by atoms with Crippen LogP contribution in [0.1, 0.15) is 18.1 Å². The van der Waals surface area contributed by atoms with E-state index in [2.05, 4.69) is 58.4 Å². The second-order valence-electron chi connectivity index (χ2n) is 7.07. The molecule has 0 heterocycles. The molecule has 0 unspecified atom stereocenters. The van der Waals surface area contributed by atoms with Gasteiger partial charge in [-0.2, -0.15) is 0 Å². The highest BCUT2D eigenvalue weighted by molar-refractivity contribution is 9.11. The lowest BCUT2D eigenvalue weighted by Gasteiger charge is -2.19. The third-order valence-corrected chi connectivity index (χ3v) is 6.17. The van der Waals surface area contributed by atoms with Gasteiger partial charge in [0.15, 0.2) is 0 Å². The predicted molar refractivity (Wildman–Crippen MR) is 144 cm³/mol. The van der Waals surface area contributed by atoms with Crippen molar-refractivity contribution in [2.45, 2.75) is 12.5 Å². The number of aromatic hydroxyl groups is 1. The number of carbonyl (C=O) groups excluding carboxylic acids is 2. The minimum Gasteiger partial charge on any atom is -0.506 e. The maximum atomic E-state index is 12.6. The summed E-state index contributed by atoms with van der Waals surface area (Å²) in [6.45, 7) is 0. The van der Waals surface area contributed by atoms with Crippen molar-refractivity contribution in [2.75, 3.05) is 16.4 Å². The SMILES string of the molecule is Nc1ccccc1NC(=O)/C=C/C[C@@H](OC(=O)Nc1ccc(Br)cc1)c1cc(Br)cc(Br)c1O. The van der Waals surface area contributed by atoms with Crippen molar-refractivity contribution in [1.29, 1.82) is 0 Å². The third kappa shape index (κ3) is 7.34. The molecule has 0 radical (unpaired) electrons. The summed E-state index contributed by atoms with van der Waals surface area (Å²) in [5.41, 5.74) is 7.70. The van der Waals surface area contributed by atoms with E-state index in [9.17, 15) is 14.7 Å². The van der Waals surface area contributed by atoms with Gasteiger partial charge in [-0.1, -0.05) is 50.1 Å². The quantitative estimate of drug-likeness (QED) is 0.160. The van der Waals surface area contributed by atoms with Crippen LogP contribution >= 0.6 is 47.8 Å². The molecule has 34 heavy (non-hydrogen) atoms. The first-order valence-corrected chi connectivity index (χ1v) is 12.3. The summed E-state index contributed by atoms with van der Waals surface area (Å²) in [5, 5.41) is 15.9. The van der Waals surface area contributed by atoms with E-state index in [0.29, 0.717) is 31.6 Å². The van der Waals surface area contributed by atoms with Gasteiger partial charge >= 0.3 is 6.09 Å². The van der Waals surface area contributed by atoms with Crippen LogP contribution in [-0.2, 0) is 9.53 Å². The Hall–Kier alpha value is -2.82. The number of phenolic OH excluding ortho intramolecular Hbond substituents is 1. The number of phenols is 1. The van der Waals surface area contributed by atoms with Crippen LogP contribution in [0.2, 0.25) is 0 Å². The van der Waals surface area contributed by atoms with Crippen molar-refractivity contribution in [1.82, 2.24) is 0 Å². The Kier molecular flexibility index (Phi) is 9.14. The van der Waals surface area contributed by atoms with Gasteiger partial charge in [-0.15, -0.1) is 0 Å². The summed E-state index contributed by atoms with van der Waals surface area (Å²) >= 11 is 10.0. The fourth-order valence-electron chi connectivity index (χ4n) is 2.96. The van der Waals surface area contributed by atoms with Crippen LogP contribution < -0.4 is 16.4 Å². The number of carbonyl (C=O) groups is 2. The van der Waals surface area contributed by atoms with Crippen molar-refractivity contribution < 1.29 is 19.4 Å². The van der Waals surface area contributed by atoms with E-state index in [4.69, 9.17) is 10.5 Å². The van der Waals surface area contributed by atoms with Crippen LogP contribution in [-0.4, -0.2) is 17.1 Å². The number of amides is 2. The zero-order chi connectivity index (χ0) is 24.7. The molecule has 0 fully saturated rings. The van der Waals surface area contributed by atoms with Crippen molar-refractivity contribution in [3.8, 4) is 5.75 Å². The maximum Gasteiger partial charge on any atom is 0.412 e. The average Bonchev–Trinajstić information content (AvgIpc) is 2.78. The molecule has 176 valence electrons. The molecule has 0 bridgehead atoms. The summed E-state index contributed by atoms with van der Waals surface area (Å²) in [6, 6.07) is 17.2. The molecule has 5 N–H and O–H groups in total. The number of nitrogens with one attached hydrogen (secondary N) is 2. The summed E-state index contributed by atoms with van der Waals surface area (Å²) in [5.74, 6) is -0.463. The fraction of sp³-hybridized carbons (Fsp3) is 0.0833. The van der Waals surface area contributed by atoms with E-state index in [1.54, 1.807) is 66.7 Å². The predicted octanol–water partition coefficient (Wildman–Crippen LogP) is 7.14. The van der Waals surface area contributed by atoms with E-state index >= 15 is 0 Å². The molecule has 0 saturated heterocycles. The van der Waals surface area contributed by atoms with Gasteiger partial charge in [-0.25, -0.2) is 4.79 Å². The Morgan fingerprint density at radius 2 is 1.71 bits per heavy atom. The molecule has 3 aromatic rings. The third-order valence-electron chi connectivity index (χ3n) is 4.58. The van der Waals surface area contributed by atoms with Gasteiger partial charge in [0.05, 0.1) is 15.8 Å². The van der Waals surface area contributed by atoms with E-state index in [0.717, 1.165) is 4.47 Å². The molecule has 0 spiro atoms. The van der Waals surface area contributed by atoms with E-state index < -0.39 is 18.1 Å². The minimum absolute atomic E-state index is 0.0699. The number of anilines is 3. The minimum atomic E-state index is -0.880. The van der Waals surface area contributed by atoms with Crippen molar-refractivity contribution in [3.05, 3.63) is 91.8 Å². The lowest BCUT2D eigenvalue weighted by Crippen LogP contribution is -2.17. The molecule has 2 amide bonds. The van der Waals surface area contributed by atoms with Crippen molar-refractivity contribution in [2.24, 2.45) is 0 Å². The number of ether oxygens (including phenoxy) is 1. The highest BCUT2D eigenvalue weighted by Crippen LogP contribution is 2.38. The van der Waals surface area contributed by atoms with Gasteiger partial charge in [0.1, 0.15) is 11.9 Å². The lowest BCUT2D eigenvalue weighted by molar-refractivity contribution is -0.111. The van der Waals surface area contributed by atoms with Gasteiger partial charge in [0.25, 0.3) is 0 Å². The number of rotatable bonds is 7. The molecule has 0 aliphatic rings. The lowest BCUT2D eigenvalue weighted by atomic mass is 10.0. The van der Waals surface area contributed by atoms with Crippen LogP contribution in [0.5, 0.6) is 5.75 Å². The molecular weight excluding hydrogens is 634 g/mol. The molecule has 0 aliphatic carbocycles. The normalized spacial score (nSPS) is 11.7. The van der Waals surface area contributed by atoms with Crippen molar-refractivity contribution in [3.63, 3.8) is 0 Å². The topological polar surface area (TPSA) is 114 Å². The van der Waals surface area contributed by atoms with Crippen LogP contribution in [0.3, 0.4) is 0 Å². The molecule has 3 rings (SSSR count). The summed E-state index contributed by atoms with van der Waals surface area (Å²) in [6.07, 6.45) is 1.41. The second-order valence-corrected chi connectivity index (χ2v) is 9.75. The van der Waals surface area contributed by atoms with Gasteiger partial charge in [-0.05, 0) is 70.5 Å². The monoisotopic (exact) mass is 651 g/mol. The van der Waals surface area contributed by atoms with E-state index in [-0.39, 0.29) is 12.2 Å². The van der Waals surface area contributed by atoms with Gasteiger partial charge < -0.3 is 20.9 Å². The Labute approximate surface area is 221 Å². The fourth-order valence-corrected chi connectivity index (χ4v) is 4.49. The first-order chi connectivity index (χ1) is 16.2. The summed E-state index contributed by atoms with van der Waals surface area (Å²) in [7, 11) is 0. The summed E-state index contributed by atoms with van der Waals surface area (Å²) in [4.78, 5) is 24.9. The number of halogens is 3. The molecule has 3 aromatic carbocycles. The van der Waals surface area contributed by atoms with Crippen LogP contribution in [0.25, 0.3) is 0 Å². The van der Waals surface area contributed by atoms with Gasteiger partial charge in [0, 0.05) is 26.6 Å². The average molecular weight is 654 g/mol. The Morgan fingerprint density at radius 3 is 2.41 bits per heavy atom. The molecular formula is C24H20Br3N3O4. The largest absolute Gasteiger partial charge is 0.506 e. The Bertz CT molecular complexity index is 1220. The zero-order valence-corrected chi connectivity index (χ0v) is 22.4. The molecule has 0 saturated carbocycles. The smallest absolute Gasteiger partial charge is 0.412 e. The number of nitrogen functional groups attached to an aromatic ring is 1.